The van der Waals surface area contributed by atoms with Crippen LogP contribution < -0.4 is 5.32 Å². The van der Waals surface area contributed by atoms with E-state index < -0.39 is 0 Å². The molecule has 0 aliphatic rings. The first-order valence-electron chi connectivity index (χ1n) is 10.3. The van der Waals surface area contributed by atoms with E-state index in [2.05, 4.69) is 48.4 Å². The predicted molar refractivity (Wildman–Crippen MR) is 126 cm³/mol. The molecule has 31 heavy (non-hydrogen) atoms. The minimum atomic E-state index is -0.0749. The third kappa shape index (κ3) is 4.91. The molecule has 6 heteroatoms. The van der Waals surface area contributed by atoms with Crippen molar-refractivity contribution in [3.63, 3.8) is 0 Å². The average Bonchev–Trinajstić information content (AvgIpc) is 3.30. The summed E-state index contributed by atoms with van der Waals surface area (Å²) in [4.78, 5) is 17.1. The summed E-state index contributed by atoms with van der Waals surface area (Å²) in [7, 11) is 0. The van der Waals surface area contributed by atoms with Gasteiger partial charge in [-0.3, -0.25) is 4.79 Å². The molecule has 1 N–H and O–H groups in total. The predicted octanol–water partition coefficient (Wildman–Crippen LogP) is 5.33. The summed E-state index contributed by atoms with van der Waals surface area (Å²) in [5.74, 6) is -0.0749. The summed E-state index contributed by atoms with van der Waals surface area (Å²) >= 11 is 1.51. The maximum atomic E-state index is 12.4. The molecule has 0 unspecified atom stereocenters. The van der Waals surface area contributed by atoms with Crippen LogP contribution in [0, 0.1) is 27.7 Å². The van der Waals surface area contributed by atoms with Crippen LogP contribution in [0.25, 0.3) is 5.13 Å². The van der Waals surface area contributed by atoms with Crippen LogP contribution in [-0.2, 0) is 17.6 Å². The van der Waals surface area contributed by atoms with E-state index in [1.807, 2.05) is 48.2 Å². The first kappa shape index (κ1) is 21.0. The molecule has 158 valence electrons. The molecule has 0 saturated carbocycles. The Morgan fingerprint density at radius 3 is 2.29 bits per heavy atom. The largest absolute Gasteiger partial charge is 0.326 e. The summed E-state index contributed by atoms with van der Waals surface area (Å²) in [6.45, 7) is 8.23. The van der Waals surface area contributed by atoms with Crippen molar-refractivity contribution in [2.24, 2.45) is 0 Å². The molecule has 0 aliphatic heterocycles. The maximum absolute atomic E-state index is 12.4. The number of nitrogens with zero attached hydrogens (tertiary/aromatic N) is 3. The zero-order valence-corrected chi connectivity index (χ0v) is 19.1. The zero-order chi connectivity index (χ0) is 22.0. The lowest BCUT2D eigenvalue weighted by atomic mass is 10.0. The van der Waals surface area contributed by atoms with Gasteiger partial charge in [0.05, 0.1) is 17.8 Å². The number of hydrogen-bond donors (Lipinski definition) is 1. The van der Waals surface area contributed by atoms with Gasteiger partial charge >= 0.3 is 0 Å². The molecule has 0 saturated heterocycles. The smallest absolute Gasteiger partial charge is 0.230 e. The van der Waals surface area contributed by atoms with E-state index in [9.17, 15) is 4.79 Å². The monoisotopic (exact) mass is 430 g/mol. The van der Waals surface area contributed by atoms with Gasteiger partial charge in [-0.1, -0.05) is 47.5 Å². The highest BCUT2D eigenvalue weighted by atomic mass is 32.1. The SMILES string of the molecule is Cc1ccc(Cc2c(C)nn(-c3nc(CC(=O)Nc4ccc(C)cc4)cs3)c2C)cc1. The second kappa shape index (κ2) is 8.86. The maximum Gasteiger partial charge on any atom is 0.230 e. The highest BCUT2D eigenvalue weighted by molar-refractivity contribution is 7.12. The first-order valence-corrected chi connectivity index (χ1v) is 11.2. The third-order valence-corrected chi connectivity index (χ3v) is 6.21. The Kier molecular flexibility index (Phi) is 6.00. The van der Waals surface area contributed by atoms with Gasteiger partial charge in [0.2, 0.25) is 11.0 Å². The van der Waals surface area contributed by atoms with Crippen LogP contribution >= 0.6 is 11.3 Å². The lowest BCUT2D eigenvalue weighted by Crippen LogP contribution is -2.14. The van der Waals surface area contributed by atoms with Gasteiger partial charge in [0.25, 0.3) is 0 Å². The third-order valence-electron chi connectivity index (χ3n) is 5.34. The van der Waals surface area contributed by atoms with E-state index in [0.29, 0.717) is 0 Å². The van der Waals surface area contributed by atoms with E-state index in [1.54, 1.807) is 0 Å². The fraction of sp³-hybridized carbons (Fsp3) is 0.240. The van der Waals surface area contributed by atoms with Crippen molar-refractivity contribution in [2.45, 2.75) is 40.5 Å². The fourth-order valence-corrected chi connectivity index (χ4v) is 4.33. The van der Waals surface area contributed by atoms with Crippen LogP contribution in [0.4, 0.5) is 5.69 Å². The number of amides is 1. The molecule has 5 nitrogen and oxygen atoms in total. The van der Waals surface area contributed by atoms with Crippen LogP contribution in [0.15, 0.2) is 53.9 Å². The van der Waals surface area contributed by atoms with E-state index >= 15 is 0 Å². The van der Waals surface area contributed by atoms with Crippen molar-refractivity contribution in [2.75, 3.05) is 5.32 Å². The first-order chi connectivity index (χ1) is 14.9. The molecule has 2 aromatic heterocycles. The topological polar surface area (TPSA) is 59.8 Å². The van der Waals surface area contributed by atoms with Crippen LogP contribution in [0.5, 0.6) is 0 Å². The number of nitrogens with one attached hydrogen (secondary N) is 1. The number of carbonyl (C=O) groups excluding carboxylic acids is 1. The van der Waals surface area contributed by atoms with Gasteiger partial charge in [0.15, 0.2) is 0 Å². The number of aryl methyl sites for hydroxylation is 3. The second-order valence-corrected chi connectivity index (χ2v) is 8.77. The van der Waals surface area contributed by atoms with Gasteiger partial charge in [-0.2, -0.15) is 5.10 Å². The van der Waals surface area contributed by atoms with Crippen LogP contribution in [0.1, 0.15) is 39.3 Å². The van der Waals surface area contributed by atoms with Gasteiger partial charge in [0, 0.05) is 28.7 Å². The van der Waals surface area contributed by atoms with Gasteiger partial charge in [-0.05, 0) is 45.4 Å². The van der Waals surface area contributed by atoms with Crippen molar-refractivity contribution in [3.05, 3.63) is 93.2 Å². The van der Waals surface area contributed by atoms with Crippen molar-refractivity contribution in [1.29, 1.82) is 0 Å². The molecule has 1 amide bonds. The fourth-order valence-electron chi connectivity index (χ4n) is 3.51. The zero-order valence-electron chi connectivity index (χ0n) is 18.3. The molecule has 0 radical (unpaired) electrons. The Labute approximate surface area is 186 Å². The molecular weight excluding hydrogens is 404 g/mol. The Bertz CT molecular complexity index is 1200. The summed E-state index contributed by atoms with van der Waals surface area (Å²) in [6, 6.07) is 16.4. The highest BCUT2D eigenvalue weighted by Crippen LogP contribution is 2.23. The molecule has 4 aromatic rings. The number of thiazole rings is 1. The average molecular weight is 431 g/mol. The van der Waals surface area contributed by atoms with Crippen LogP contribution in [-0.4, -0.2) is 20.7 Å². The van der Waals surface area contributed by atoms with Gasteiger partial charge in [0.1, 0.15) is 0 Å². The van der Waals surface area contributed by atoms with E-state index in [-0.39, 0.29) is 12.3 Å². The molecule has 0 bridgehead atoms. The van der Waals surface area contributed by atoms with Crippen LogP contribution in [0.3, 0.4) is 0 Å². The normalized spacial score (nSPS) is 11.0. The molecular formula is C25H26N4OS. The molecule has 0 spiro atoms. The van der Waals surface area contributed by atoms with E-state index in [4.69, 9.17) is 5.10 Å². The number of carbonyl (C=O) groups is 1. The Morgan fingerprint density at radius 1 is 0.968 bits per heavy atom. The lowest BCUT2D eigenvalue weighted by Gasteiger charge is -2.05. The van der Waals surface area contributed by atoms with E-state index in [0.717, 1.165) is 39.9 Å². The quantitative estimate of drug-likeness (QED) is 0.449. The van der Waals surface area contributed by atoms with Crippen molar-refractivity contribution >= 4 is 22.9 Å². The second-order valence-electron chi connectivity index (χ2n) is 7.94. The number of aromatic nitrogens is 3. The minimum Gasteiger partial charge on any atom is -0.326 e. The Balaban J connectivity index is 1.47. The van der Waals surface area contributed by atoms with Crippen molar-refractivity contribution < 1.29 is 4.79 Å². The number of benzene rings is 2. The molecule has 0 fully saturated rings. The number of hydrogen-bond acceptors (Lipinski definition) is 4. The standard InChI is InChI=1S/C25H26N4OS/c1-16-5-9-20(10-6-16)13-23-18(3)28-29(19(23)4)25-27-22(15-31-25)14-24(30)26-21-11-7-17(2)8-12-21/h5-12,15H,13-14H2,1-4H3,(H,26,30). The molecule has 2 aromatic carbocycles. The number of rotatable bonds is 6. The van der Waals surface area contributed by atoms with Gasteiger partial charge in [-0.15, -0.1) is 11.3 Å². The summed E-state index contributed by atoms with van der Waals surface area (Å²) in [6.07, 6.45) is 1.08. The minimum absolute atomic E-state index is 0.0749. The summed E-state index contributed by atoms with van der Waals surface area (Å²) in [5, 5.41) is 10.4. The summed E-state index contributed by atoms with van der Waals surface area (Å²) < 4.78 is 1.89. The molecule has 2 heterocycles. The molecule has 0 atom stereocenters. The van der Waals surface area contributed by atoms with Crippen molar-refractivity contribution in [3.8, 4) is 5.13 Å². The number of anilines is 1. The van der Waals surface area contributed by atoms with Crippen LogP contribution in [0.2, 0.25) is 0 Å². The Hall–Kier alpha value is -3.25. The lowest BCUT2D eigenvalue weighted by molar-refractivity contribution is -0.115. The van der Waals surface area contributed by atoms with Gasteiger partial charge < -0.3 is 5.32 Å². The highest BCUT2D eigenvalue weighted by Gasteiger charge is 2.16. The van der Waals surface area contributed by atoms with Gasteiger partial charge in [-0.25, -0.2) is 9.67 Å². The molecule has 4 rings (SSSR count). The summed E-state index contributed by atoms with van der Waals surface area (Å²) in [5.41, 5.74) is 8.54. The molecule has 0 aliphatic carbocycles. The van der Waals surface area contributed by atoms with Crippen molar-refractivity contribution in [1.82, 2.24) is 14.8 Å². The van der Waals surface area contributed by atoms with E-state index in [1.165, 1.54) is 28.0 Å². The Morgan fingerprint density at radius 2 is 1.61 bits per heavy atom.